The van der Waals surface area contributed by atoms with Crippen LogP contribution in [0.25, 0.3) is 0 Å². The third-order valence-electron chi connectivity index (χ3n) is 3.27. The fourth-order valence-corrected chi connectivity index (χ4v) is 2.40. The number of carboxylic acids is 1. The fourth-order valence-electron chi connectivity index (χ4n) is 2.40. The van der Waals surface area contributed by atoms with Crippen LogP contribution < -0.4 is 0 Å². The van der Waals surface area contributed by atoms with Crippen LogP contribution in [0.5, 0.6) is 0 Å². The summed E-state index contributed by atoms with van der Waals surface area (Å²) < 4.78 is 0. The molecule has 0 amide bonds. The van der Waals surface area contributed by atoms with E-state index in [-0.39, 0.29) is 0 Å². The monoisotopic (exact) mass is 214 g/mol. The zero-order valence-corrected chi connectivity index (χ0v) is 9.94. The van der Waals surface area contributed by atoms with Gasteiger partial charge in [0.2, 0.25) is 0 Å². The average Bonchev–Trinajstić information content (AvgIpc) is 2.43. The van der Waals surface area contributed by atoms with Crippen LogP contribution in [-0.4, -0.2) is 61.2 Å². The maximum atomic E-state index is 10.7. The molecule has 2 unspecified atom stereocenters. The molecule has 0 aliphatic carbocycles. The van der Waals surface area contributed by atoms with Crippen LogP contribution in [0.2, 0.25) is 0 Å². The predicted octanol–water partition coefficient (Wildman–Crippen LogP) is 0.733. The Bertz CT molecular complexity index is 219. The minimum Gasteiger partial charge on any atom is -0.481 e. The molecule has 2 atom stereocenters. The van der Waals surface area contributed by atoms with Gasteiger partial charge in [-0.15, -0.1) is 0 Å². The Labute approximate surface area is 91.9 Å². The molecule has 1 aliphatic heterocycles. The van der Waals surface area contributed by atoms with E-state index < -0.39 is 5.97 Å². The fraction of sp³-hybridized carbons (Fsp3) is 0.909. The van der Waals surface area contributed by atoms with Crippen molar-refractivity contribution < 1.29 is 9.90 Å². The summed E-state index contributed by atoms with van der Waals surface area (Å²) in [6, 6.07) is 0.448. The third-order valence-corrected chi connectivity index (χ3v) is 3.27. The van der Waals surface area contributed by atoms with Gasteiger partial charge in [-0.1, -0.05) is 0 Å². The molecule has 0 saturated carbocycles. The van der Waals surface area contributed by atoms with Crippen molar-refractivity contribution in [3.8, 4) is 0 Å². The molecule has 0 radical (unpaired) electrons. The van der Waals surface area contributed by atoms with Gasteiger partial charge in [0.1, 0.15) is 0 Å². The molecule has 0 bridgehead atoms. The van der Waals surface area contributed by atoms with Crippen molar-refractivity contribution in [2.45, 2.75) is 25.3 Å². The quantitative estimate of drug-likeness (QED) is 0.733. The van der Waals surface area contributed by atoms with E-state index in [0.29, 0.717) is 18.4 Å². The molecule has 1 N–H and O–H groups in total. The van der Waals surface area contributed by atoms with E-state index in [9.17, 15) is 4.79 Å². The van der Waals surface area contributed by atoms with E-state index in [1.807, 2.05) is 0 Å². The molecule has 1 heterocycles. The number of likely N-dealkylation sites (tertiary alicyclic amines) is 1. The average molecular weight is 214 g/mol. The van der Waals surface area contributed by atoms with Crippen molar-refractivity contribution in [2.75, 3.05) is 34.2 Å². The maximum Gasteiger partial charge on any atom is 0.303 e. The topological polar surface area (TPSA) is 43.8 Å². The normalized spacial score (nSPS) is 27.5. The van der Waals surface area contributed by atoms with E-state index >= 15 is 0 Å². The smallest absolute Gasteiger partial charge is 0.303 e. The van der Waals surface area contributed by atoms with E-state index in [1.165, 1.54) is 0 Å². The van der Waals surface area contributed by atoms with Gasteiger partial charge < -0.3 is 14.9 Å². The van der Waals surface area contributed by atoms with Crippen molar-refractivity contribution in [2.24, 2.45) is 5.92 Å². The van der Waals surface area contributed by atoms with Crippen LogP contribution in [0, 0.1) is 5.92 Å². The number of carbonyl (C=O) groups is 1. The molecule has 0 aromatic rings. The highest BCUT2D eigenvalue weighted by atomic mass is 16.4. The van der Waals surface area contributed by atoms with Gasteiger partial charge in [-0.05, 0) is 53.0 Å². The summed E-state index contributed by atoms with van der Waals surface area (Å²) in [5.41, 5.74) is 0. The second kappa shape index (κ2) is 5.47. The summed E-state index contributed by atoms with van der Waals surface area (Å²) in [5, 5.41) is 8.83. The van der Waals surface area contributed by atoms with Crippen LogP contribution >= 0.6 is 0 Å². The van der Waals surface area contributed by atoms with Crippen molar-refractivity contribution in [3.05, 3.63) is 0 Å². The van der Waals surface area contributed by atoms with Gasteiger partial charge in [0.15, 0.2) is 0 Å². The molecular weight excluding hydrogens is 192 g/mol. The van der Waals surface area contributed by atoms with Gasteiger partial charge in [0.05, 0.1) is 0 Å². The van der Waals surface area contributed by atoms with Gasteiger partial charge in [0.25, 0.3) is 0 Å². The molecule has 0 aromatic carbocycles. The minimum absolute atomic E-state index is 0.322. The van der Waals surface area contributed by atoms with Crippen molar-refractivity contribution in [1.82, 2.24) is 9.80 Å². The van der Waals surface area contributed by atoms with Crippen LogP contribution in [0.15, 0.2) is 0 Å². The van der Waals surface area contributed by atoms with E-state index in [2.05, 4.69) is 30.9 Å². The lowest BCUT2D eigenvalue weighted by Gasteiger charge is -2.25. The van der Waals surface area contributed by atoms with Gasteiger partial charge in [0, 0.05) is 12.5 Å². The summed E-state index contributed by atoms with van der Waals surface area (Å²) in [7, 11) is 6.21. The van der Waals surface area contributed by atoms with Crippen molar-refractivity contribution >= 4 is 5.97 Å². The van der Waals surface area contributed by atoms with Gasteiger partial charge in [-0.3, -0.25) is 4.79 Å². The molecule has 4 nitrogen and oxygen atoms in total. The number of hydrogen-bond acceptors (Lipinski definition) is 3. The standard InChI is InChI=1S/C11H22N2O2/c1-12(2)6-5-10-9(8-11(14)15)4-7-13(10)3/h9-10H,4-8H2,1-3H3,(H,14,15). The summed E-state index contributed by atoms with van der Waals surface area (Å²) in [5.74, 6) is -0.322. The Morgan fingerprint density at radius 3 is 2.73 bits per heavy atom. The number of hydrogen-bond donors (Lipinski definition) is 1. The number of carboxylic acid groups (broad SMARTS) is 1. The Morgan fingerprint density at radius 1 is 1.53 bits per heavy atom. The summed E-state index contributed by atoms with van der Waals surface area (Å²) in [6.45, 7) is 2.07. The van der Waals surface area contributed by atoms with E-state index in [1.54, 1.807) is 0 Å². The molecule has 1 aliphatic rings. The highest BCUT2D eigenvalue weighted by molar-refractivity contribution is 5.67. The first kappa shape index (κ1) is 12.5. The maximum absolute atomic E-state index is 10.7. The van der Waals surface area contributed by atoms with E-state index in [0.717, 1.165) is 25.9 Å². The van der Waals surface area contributed by atoms with Crippen molar-refractivity contribution in [1.29, 1.82) is 0 Å². The molecular formula is C11H22N2O2. The zero-order valence-electron chi connectivity index (χ0n) is 9.94. The first-order chi connectivity index (χ1) is 7.00. The first-order valence-electron chi connectivity index (χ1n) is 5.57. The SMILES string of the molecule is CN(C)CCC1C(CC(=O)O)CCN1C. The Kier molecular flexibility index (Phi) is 4.54. The molecule has 1 saturated heterocycles. The summed E-state index contributed by atoms with van der Waals surface area (Å²) in [6.07, 6.45) is 2.42. The number of nitrogens with zero attached hydrogens (tertiary/aromatic N) is 2. The summed E-state index contributed by atoms with van der Waals surface area (Å²) in [4.78, 5) is 15.2. The van der Waals surface area contributed by atoms with Gasteiger partial charge in [-0.2, -0.15) is 0 Å². The molecule has 88 valence electrons. The Balaban J connectivity index is 2.45. The molecule has 4 heteroatoms. The molecule has 1 rings (SSSR count). The number of rotatable bonds is 5. The van der Waals surface area contributed by atoms with Crippen LogP contribution in [0.3, 0.4) is 0 Å². The van der Waals surface area contributed by atoms with E-state index in [4.69, 9.17) is 5.11 Å². The number of aliphatic carboxylic acids is 1. The van der Waals surface area contributed by atoms with Crippen LogP contribution in [-0.2, 0) is 4.79 Å². The lowest BCUT2D eigenvalue weighted by Crippen LogP contribution is -2.33. The largest absolute Gasteiger partial charge is 0.481 e. The molecule has 0 aromatic heterocycles. The van der Waals surface area contributed by atoms with Gasteiger partial charge >= 0.3 is 5.97 Å². The summed E-state index contributed by atoms with van der Waals surface area (Å²) >= 11 is 0. The Morgan fingerprint density at radius 2 is 2.20 bits per heavy atom. The zero-order chi connectivity index (χ0) is 11.4. The predicted molar refractivity (Wildman–Crippen MR) is 59.9 cm³/mol. The minimum atomic E-state index is -0.662. The Hall–Kier alpha value is -0.610. The van der Waals surface area contributed by atoms with Crippen LogP contribution in [0.1, 0.15) is 19.3 Å². The van der Waals surface area contributed by atoms with Crippen LogP contribution in [0.4, 0.5) is 0 Å². The lowest BCUT2D eigenvalue weighted by molar-refractivity contribution is -0.138. The second-order valence-electron chi connectivity index (χ2n) is 4.79. The van der Waals surface area contributed by atoms with Gasteiger partial charge in [-0.25, -0.2) is 0 Å². The third kappa shape index (κ3) is 3.80. The highest BCUT2D eigenvalue weighted by Crippen LogP contribution is 2.28. The molecule has 0 spiro atoms. The second-order valence-corrected chi connectivity index (χ2v) is 4.79. The molecule has 15 heavy (non-hydrogen) atoms. The first-order valence-corrected chi connectivity index (χ1v) is 5.57. The highest BCUT2D eigenvalue weighted by Gasteiger charge is 2.32. The lowest BCUT2D eigenvalue weighted by atomic mass is 9.94. The van der Waals surface area contributed by atoms with Crippen molar-refractivity contribution in [3.63, 3.8) is 0 Å². The molecule has 1 fully saturated rings.